The molecule has 0 aliphatic carbocycles. The molecule has 8 heteroatoms. The van der Waals surface area contributed by atoms with E-state index in [1.807, 2.05) is 12.1 Å². The standard InChI is InChI=1S/C28H21ClFN3O3/c1-17-24(26(29)33(31-17)20-11-9-19(30)10-12-20)15-25-22-5-3-4-6-23(22)27(34)32(28(25)35)16-18-7-13-21(36-2)14-8-18/h3-15H,16H2,1-2H3/b25-15-. The third-order valence-electron chi connectivity index (χ3n) is 6.08. The third-order valence-corrected chi connectivity index (χ3v) is 6.44. The van der Waals surface area contributed by atoms with Crippen molar-refractivity contribution in [2.45, 2.75) is 13.5 Å². The number of halogens is 2. The molecule has 0 fully saturated rings. The van der Waals surface area contributed by atoms with E-state index in [1.165, 1.54) is 21.7 Å². The van der Waals surface area contributed by atoms with Gasteiger partial charge in [-0.05, 0) is 66.6 Å². The van der Waals surface area contributed by atoms with Gasteiger partial charge in [-0.1, -0.05) is 41.9 Å². The second-order valence-corrected chi connectivity index (χ2v) is 8.68. The number of nitrogens with zero attached hydrogens (tertiary/aromatic N) is 3. The predicted octanol–water partition coefficient (Wildman–Crippen LogP) is 5.71. The summed E-state index contributed by atoms with van der Waals surface area (Å²) in [5.41, 5.74) is 3.79. The fourth-order valence-electron chi connectivity index (χ4n) is 4.17. The quantitative estimate of drug-likeness (QED) is 0.260. The summed E-state index contributed by atoms with van der Waals surface area (Å²) in [5, 5.41) is 4.76. The SMILES string of the molecule is COc1ccc(CN2C(=O)/C(=C\c3c(C)nn(-c4ccc(F)cc4)c3Cl)c3ccccc3C2=O)cc1. The first-order chi connectivity index (χ1) is 17.4. The van der Waals surface area contributed by atoms with Crippen LogP contribution in [0.3, 0.4) is 0 Å². The highest BCUT2D eigenvalue weighted by molar-refractivity contribution is 6.36. The Morgan fingerprint density at radius 1 is 0.944 bits per heavy atom. The van der Waals surface area contributed by atoms with E-state index in [4.69, 9.17) is 16.3 Å². The summed E-state index contributed by atoms with van der Waals surface area (Å²) in [4.78, 5) is 28.2. The van der Waals surface area contributed by atoms with Crippen LogP contribution in [0.5, 0.6) is 5.75 Å². The maximum atomic E-state index is 13.7. The van der Waals surface area contributed by atoms with Crippen LogP contribution in [0, 0.1) is 12.7 Å². The highest BCUT2D eigenvalue weighted by Gasteiger charge is 2.35. The van der Waals surface area contributed by atoms with E-state index >= 15 is 0 Å². The molecule has 1 aliphatic heterocycles. The van der Waals surface area contributed by atoms with Gasteiger partial charge in [0.2, 0.25) is 0 Å². The average molecular weight is 502 g/mol. The molecular formula is C28H21ClFN3O3. The van der Waals surface area contributed by atoms with E-state index in [0.717, 1.165) is 5.56 Å². The van der Waals surface area contributed by atoms with Crippen LogP contribution in [-0.4, -0.2) is 33.6 Å². The minimum absolute atomic E-state index is 0.106. The number of ether oxygens (including phenoxy) is 1. The van der Waals surface area contributed by atoms with Crippen molar-refractivity contribution in [3.63, 3.8) is 0 Å². The van der Waals surface area contributed by atoms with Gasteiger partial charge in [0.15, 0.2) is 0 Å². The molecule has 4 aromatic rings. The number of amides is 2. The molecule has 2 heterocycles. The summed E-state index contributed by atoms with van der Waals surface area (Å²) in [6.07, 6.45) is 1.67. The molecule has 0 spiro atoms. The minimum Gasteiger partial charge on any atom is -0.497 e. The lowest BCUT2D eigenvalue weighted by Gasteiger charge is -2.28. The number of aromatic nitrogens is 2. The molecule has 36 heavy (non-hydrogen) atoms. The average Bonchev–Trinajstić information content (AvgIpc) is 3.18. The van der Waals surface area contributed by atoms with E-state index < -0.39 is 5.91 Å². The Bertz CT molecular complexity index is 1510. The molecule has 0 saturated carbocycles. The van der Waals surface area contributed by atoms with Gasteiger partial charge in [0.05, 0.1) is 25.0 Å². The summed E-state index contributed by atoms with van der Waals surface area (Å²) in [5.74, 6) is -0.482. The summed E-state index contributed by atoms with van der Waals surface area (Å²) >= 11 is 6.68. The Morgan fingerprint density at radius 2 is 1.61 bits per heavy atom. The van der Waals surface area contributed by atoms with E-state index in [9.17, 15) is 14.0 Å². The van der Waals surface area contributed by atoms with E-state index in [0.29, 0.717) is 39.4 Å². The maximum absolute atomic E-state index is 13.7. The van der Waals surface area contributed by atoms with Gasteiger partial charge >= 0.3 is 0 Å². The molecule has 0 radical (unpaired) electrons. The summed E-state index contributed by atoms with van der Waals surface area (Å²) < 4.78 is 20.1. The second-order valence-electron chi connectivity index (χ2n) is 8.33. The third kappa shape index (κ3) is 4.18. The van der Waals surface area contributed by atoms with Crippen molar-refractivity contribution >= 4 is 35.1 Å². The first kappa shape index (κ1) is 23.5. The van der Waals surface area contributed by atoms with Crippen LogP contribution < -0.4 is 4.74 Å². The number of fused-ring (bicyclic) bond motifs is 1. The van der Waals surface area contributed by atoms with Gasteiger partial charge in [-0.2, -0.15) is 5.10 Å². The highest BCUT2D eigenvalue weighted by Crippen LogP contribution is 2.34. The van der Waals surface area contributed by atoms with E-state index in [-0.39, 0.29) is 23.4 Å². The molecule has 0 atom stereocenters. The molecule has 0 N–H and O–H groups in total. The van der Waals surface area contributed by atoms with Crippen LogP contribution in [0.25, 0.3) is 17.3 Å². The van der Waals surface area contributed by atoms with Gasteiger partial charge in [0.25, 0.3) is 11.8 Å². The maximum Gasteiger partial charge on any atom is 0.261 e. The molecular weight excluding hydrogens is 481 g/mol. The van der Waals surface area contributed by atoms with Crippen molar-refractivity contribution in [3.8, 4) is 11.4 Å². The lowest BCUT2D eigenvalue weighted by atomic mass is 9.92. The van der Waals surface area contributed by atoms with Gasteiger partial charge in [0, 0.05) is 16.7 Å². The molecule has 2 amide bonds. The Hall–Kier alpha value is -4.23. The fourth-order valence-corrected chi connectivity index (χ4v) is 4.50. The van der Waals surface area contributed by atoms with Crippen LogP contribution in [-0.2, 0) is 11.3 Å². The number of rotatable bonds is 5. The van der Waals surface area contributed by atoms with E-state index in [1.54, 1.807) is 68.6 Å². The van der Waals surface area contributed by atoms with Gasteiger partial charge in [-0.15, -0.1) is 0 Å². The molecule has 6 nitrogen and oxygen atoms in total. The number of hydrogen-bond donors (Lipinski definition) is 0. The van der Waals surface area contributed by atoms with Crippen LogP contribution in [0.2, 0.25) is 5.15 Å². The van der Waals surface area contributed by atoms with Crippen LogP contribution in [0.1, 0.15) is 32.7 Å². The predicted molar refractivity (Wildman–Crippen MR) is 135 cm³/mol. The van der Waals surface area contributed by atoms with E-state index in [2.05, 4.69) is 5.10 Å². The number of aryl methyl sites for hydroxylation is 1. The van der Waals surface area contributed by atoms with Gasteiger partial charge < -0.3 is 4.74 Å². The largest absolute Gasteiger partial charge is 0.497 e. The summed E-state index contributed by atoms with van der Waals surface area (Å²) in [6.45, 7) is 1.88. The molecule has 1 aliphatic rings. The topological polar surface area (TPSA) is 64.4 Å². The first-order valence-electron chi connectivity index (χ1n) is 11.2. The smallest absolute Gasteiger partial charge is 0.261 e. The molecule has 5 rings (SSSR count). The van der Waals surface area contributed by atoms with Crippen molar-refractivity contribution in [3.05, 3.63) is 112 Å². The van der Waals surface area contributed by atoms with Crippen molar-refractivity contribution < 1.29 is 18.7 Å². The van der Waals surface area contributed by atoms with Crippen molar-refractivity contribution in [1.82, 2.24) is 14.7 Å². The number of benzene rings is 3. The van der Waals surface area contributed by atoms with Gasteiger partial charge in [-0.25, -0.2) is 9.07 Å². The van der Waals surface area contributed by atoms with Crippen molar-refractivity contribution in [2.24, 2.45) is 0 Å². The van der Waals surface area contributed by atoms with Crippen LogP contribution >= 0.6 is 11.6 Å². The summed E-state index contributed by atoms with van der Waals surface area (Å²) in [7, 11) is 1.58. The van der Waals surface area contributed by atoms with Crippen molar-refractivity contribution in [1.29, 1.82) is 0 Å². The van der Waals surface area contributed by atoms with Crippen LogP contribution in [0.15, 0.2) is 72.8 Å². The van der Waals surface area contributed by atoms with Crippen LogP contribution in [0.4, 0.5) is 4.39 Å². The Kier molecular flexibility index (Phi) is 6.16. The normalized spacial score (nSPS) is 14.3. The zero-order valence-electron chi connectivity index (χ0n) is 19.5. The minimum atomic E-state index is -0.431. The Morgan fingerprint density at radius 3 is 2.28 bits per heavy atom. The lowest BCUT2D eigenvalue weighted by molar-refractivity contribution is -0.123. The first-order valence-corrected chi connectivity index (χ1v) is 11.6. The zero-order chi connectivity index (χ0) is 25.4. The molecule has 180 valence electrons. The number of imide groups is 1. The molecule has 0 bridgehead atoms. The number of carbonyl (C=O) groups excluding carboxylic acids is 2. The zero-order valence-corrected chi connectivity index (χ0v) is 20.3. The highest BCUT2D eigenvalue weighted by atomic mass is 35.5. The molecule has 0 unspecified atom stereocenters. The lowest BCUT2D eigenvalue weighted by Crippen LogP contribution is -2.41. The molecule has 3 aromatic carbocycles. The number of carbonyl (C=O) groups is 2. The Labute approximate surface area is 212 Å². The van der Waals surface area contributed by atoms with Gasteiger partial charge in [0.1, 0.15) is 16.7 Å². The monoisotopic (exact) mass is 501 g/mol. The van der Waals surface area contributed by atoms with Gasteiger partial charge in [-0.3, -0.25) is 14.5 Å². The number of hydrogen-bond acceptors (Lipinski definition) is 4. The fraction of sp³-hybridized carbons (Fsp3) is 0.107. The molecule has 0 saturated heterocycles. The Balaban J connectivity index is 1.58. The summed E-state index contributed by atoms with van der Waals surface area (Å²) in [6, 6.07) is 20.0. The second kappa shape index (κ2) is 9.43. The number of methoxy groups -OCH3 is 1. The molecule has 1 aromatic heterocycles. The van der Waals surface area contributed by atoms with Crippen molar-refractivity contribution in [2.75, 3.05) is 7.11 Å².